The van der Waals surface area contributed by atoms with E-state index < -0.39 is 5.97 Å². The van der Waals surface area contributed by atoms with Crippen LogP contribution in [0.4, 0.5) is 0 Å². The number of carbonyl (C=O) groups is 3. The Bertz CT molecular complexity index is 594. The largest absolute Gasteiger partial charge is 0.365 e. The van der Waals surface area contributed by atoms with Gasteiger partial charge in [0.05, 0.1) is 5.56 Å². The minimum atomic E-state index is -0.668. The third-order valence-corrected chi connectivity index (χ3v) is 4.14. The van der Waals surface area contributed by atoms with Crippen LogP contribution in [0.1, 0.15) is 36.0 Å². The van der Waals surface area contributed by atoms with Crippen molar-refractivity contribution in [1.29, 1.82) is 0 Å². The number of hydrogen-bond donors (Lipinski definition) is 0. The molecule has 0 N–H and O–H groups in total. The van der Waals surface area contributed by atoms with Crippen LogP contribution in [-0.4, -0.2) is 23.2 Å². The lowest BCUT2D eigenvalue weighted by molar-refractivity contribution is -0.120. The van der Waals surface area contributed by atoms with Gasteiger partial charge in [0.25, 0.3) is 0 Å². The average molecular weight is 285 g/mol. The number of carbonyl (C=O) groups excluding carboxylic acids is 3. The van der Waals surface area contributed by atoms with Gasteiger partial charge in [0.15, 0.2) is 17.3 Å². The summed E-state index contributed by atoms with van der Waals surface area (Å²) in [5, 5.41) is 3.55. The molecule has 1 aromatic carbocycles. The molecule has 5 heteroatoms. The molecule has 2 atom stereocenters. The van der Waals surface area contributed by atoms with E-state index in [4.69, 9.17) is 4.84 Å². The Kier molecular flexibility index (Phi) is 3.64. The van der Waals surface area contributed by atoms with E-state index in [0.29, 0.717) is 5.56 Å². The fourth-order valence-corrected chi connectivity index (χ4v) is 3.04. The lowest BCUT2D eigenvalue weighted by Gasteiger charge is -2.20. The van der Waals surface area contributed by atoms with Crippen molar-refractivity contribution in [2.75, 3.05) is 0 Å². The summed E-state index contributed by atoms with van der Waals surface area (Å²) in [5.41, 5.74) is 0.133. The van der Waals surface area contributed by atoms with E-state index in [1.54, 1.807) is 30.3 Å². The highest BCUT2D eigenvalue weighted by molar-refractivity contribution is 6.70. The zero-order valence-corrected chi connectivity index (χ0v) is 11.5. The first-order valence-electron chi connectivity index (χ1n) is 7.11. The first-order chi connectivity index (χ1) is 10.2. The summed E-state index contributed by atoms with van der Waals surface area (Å²) < 4.78 is 0. The van der Waals surface area contributed by atoms with Crippen molar-refractivity contribution in [2.45, 2.75) is 25.7 Å². The predicted molar refractivity (Wildman–Crippen MR) is 74.8 cm³/mol. The molecule has 2 aliphatic carbocycles. The highest BCUT2D eigenvalue weighted by atomic mass is 16.7. The molecule has 0 bridgehead atoms. The lowest BCUT2D eigenvalue weighted by Crippen LogP contribution is -2.21. The first-order valence-corrected chi connectivity index (χ1v) is 7.11. The zero-order valence-electron chi connectivity index (χ0n) is 11.5. The van der Waals surface area contributed by atoms with Crippen molar-refractivity contribution < 1.29 is 19.2 Å². The van der Waals surface area contributed by atoms with Crippen molar-refractivity contribution in [3.63, 3.8) is 0 Å². The van der Waals surface area contributed by atoms with Crippen LogP contribution in [0.15, 0.2) is 35.5 Å². The number of benzene rings is 1. The Balaban J connectivity index is 1.76. The number of oxime groups is 1. The molecule has 2 saturated carbocycles. The molecule has 1 aromatic rings. The molecule has 21 heavy (non-hydrogen) atoms. The molecule has 0 aliphatic heterocycles. The predicted octanol–water partition coefficient (Wildman–Crippen LogP) is 2.16. The lowest BCUT2D eigenvalue weighted by atomic mass is 9.81. The summed E-state index contributed by atoms with van der Waals surface area (Å²) >= 11 is 0. The molecular weight excluding hydrogens is 270 g/mol. The second-order valence-corrected chi connectivity index (χ2v) is 5.41. The fraction of sp³-hybridized carbons (Fsp3) is 0.375. The van der Waals surface area contributed by atoms with Crippen LogP contribution in [0.2, 0.25) is 0 Å². The molecule has 3 rings (SSSR count). The van der Waals surface area contributed by atoms with E-state index in [0.717, 1.165) is 25.7 Å². The Hall–Kier alpha value is -2.30. The Labute approximate surface area is 122 Å². The van der Waals surface area contributed by atoms with Gasteiger partial charge in [-0.2, -0.15) is 0 Å². The third-order valence-electron chi connectivity index (χ3n) is 4.14. The van der Waals surface area contributed by atoms with Crippen LogP contribution in [0.25, 0.3) is 0 Å². The van der Waals surface area contributed by atoms with Gasteiger partial charge in [-0.25, -0.2) is 4.79 Å². The molecule has 5 nitrogen and oxygen atoms in total. The van der Waals surface area contributed by atoms with E-state index in [1.165, 1.54) is 0 Å². The van der Waals surface area contributed by atoms with Crippen LogP contribution in [0.5, 0.6) is 0 Å². The van der Waals surface area contributed by atoms with Gasteiger partial charge in [0.1, 0.15) is 0 Å². The Morgan fingerprint density at radius 1 is 1.00 bits per heavy atom. The molecule has 0 heterocycles. The van der Waals surface area contributed by atoms with Gasteiger partial charge in [0.2, 0.25) is 0 Å². The SMILES string of the molecule is O=C(ON=C1C(=O)C2CCCCC2C1=O)c1ccccc1. The number of nitrogens with zero attached hydrogens (tertiary/aromatic N) is 1. The second kappa shape index (κ2) is 5.60. The molecule has 0 radical (unpaired) electrons. The summed E-state index contributed by atoms with van der Waals surface area (Å²) in [7, 11) is 0. The summed E-state index contributed by atoms with van der Waals surface area (Å²) in [5.74, 6) is -1.74. The molecule has 2 unspecified atom stereocenters. The Morgan fingerprint density at radius 2 is 1.57 bits per heavy atom. The maximum absolute atomic E-state index is 12.2. The molecule has 0 saturated heterocycles. The number of hydrogen-bond acceptors (Lipinski definition) is 5. The van der Waals surface area contributed by atoms with Crippen molar-refractivity contribution in [1.82, 2.24) is 0 Å². The fourth-order valence-electron chi connectivity index (χ4n) is 3.04. The van der Waals surface area contributed by atoms with Crippen LogP contribution in [0, 0.1) is 11.8 Å². The minimum absolute atomic E-state index is 0.198. The van der Waals surface area contributed by atoms with Crippen molar-refractivity contribution in [3.05, 3.63) is 35.9 Å². The molecule has 2 fully saturated rings. The van der Waals surface area contributed by atoms with Crippen LogP contribution < -0.4 is 0 Å². The molecule has 2 aliphatic rings. The molecule has 0 spiro atoms. The number of fused-ring (bicyclic) bond motifs is 1. The molecule has 0 aromatic heterocycles. The van der Waals surface area contributed by atoms with Crippen LogP contribution in [0.3, 0.4) is 0 Å². The highest BCUT2D eigenvalue weighted by Crippen LogP contribution is 2.36. The average Bonchev–Trinajstić information content (AvgIpc) is 2.78. The summed E-state index contributed by atoms with van der Waals surface area (Å²) in [4.78, 5) is 40.9. The van der Waals surface area contributed by atoms with E-state index >= 15 is 0 Å². The van der Waals surface area contributed by atoms with Gasteiger partial charge in [-0.05, 0) is 25.0 Å². The summed E-state index contributed by atoms with van der Waals surface area (Å²) in [6.45, 7) is 0. The van der Waals surface area contributed by atoms with Crippen LogP contribution in [-0.2, 0) is 14.4 Å². The standard InChI is InChI=1S/C16H15NO4/c18-14-11-8-4-5-9-12(11)15(19)13(14)17-21-16(20)10-6-2-1-3-7-10/h1-3,6-7,11-12H,4-5,8-9H2. The number of ketones is 2. The quantitative estimate of drug-likeness (QED) is 0.616. The maximum Gasteiger partial charge on any atom is 0.365 e. The third kappa shape index (κ3) is 2.51. The van der Waals surface area contributed by atoms with Gasteiger partial charge in [0, 0.05) is 11.8 Å². The van der Waals surface area contributed by atoms with Crippen molar-refractivity contribution >= 4 is 23.2 Å². The van der Waals surface area contributed by atoms with Gasteiger partial charge >= 0.3 is 5.97 Å². The monoisotopic (exact) mass is 285 g/mol. The normalized spacial score (nSPS) is 24.7. The van der Waals surface area contributed by atoms with Crippen molar-refractivity contribution in [2.24, 2.45) is 17.0 Å². The number of rotatable bonds is 2. The van der Waals surface area contributed by atoms with Crippen LogP contribution >= 0.6 is 0 Å². The minimum Gasteiger partial charge on any atom is -0.312 e. The molecular formula is C16H15NO4. The summed E-state index contributed by atoms with van der Waals surface area (Å²) in [6.07, 6.45) is 3.36. The van der Waals surface area contributed by atoms with E-state index in [-0.39, 0.29) is 29.1 Å². The highest BCUT2D eigenvalue weighted by Gasteiger charge is 2.48. The zero-order chi connectivity index (χ0) is 14.8. The molecule has 108 valence electrons. The van der Waals surface area contributed by atoms with Gasteiger partial charge in [-0.3, -0.25) is 9.59 Å². The first kappa shape index (κ1) is 13.7. The van der Waals surface area contributed by atoms with Gasteiger partial charge in [-0.1, -0.05) is 36.2 Å². The molecule has 0 amide bonds. The number of Topliss-reactive ketones (excluding diaryl/α,β-unsaturated/α-hetero) is 2. The summed E-state index contributed by atoms with van der Waals surface area (Å²) in [6, 6.07) is 8.34. The smallest absolute Gasteiger partial charge is 0.312 e. The maximum atomic E-state index is 12.2. The topological polar surface area (TPSA) is 72.8 Å². The van der Waals surface area contributed by atoms with Crippen molar-refractivity contribution in [3.8, 4) is 0 Å². The van der Waals surface area contributed by atoms with Gasteiger partial charge in [-0.15, -0.1) is 0 Å². The van der Waals surface area contributed by atoms with E-state index in [9.17, 15) is 14.4 Å². The second-order valence-electron chi connectivity index (χ2n) is 5.41. The van der Waals surface area contributed by atoms with Gasteiger partial charge < -0.3 is 4.84 Å². The van der Waals surface area contributed by atoms with E-state index in [2.05, 4.69) is 5.16 Å². The van der Waals surface area contributed by atoms with E-state index in [1.807, 2.05) is 0 Å². The Morgan fingerprint density at radius 3 is 2.14 bits per heavy atom.